The minimum Gasteiger partial charge on any atom is -0.395 e. The van der Waals surface area contributed by atoms with Gasteiger partial charge in [0.15, 0.2) is 5.82 Å². The van der Waals surface area contributed by atoms with Gasteiger partial charge >= 0.3 is 0 Å². The monoisotopic (exact) mass is 296 g/mol. The summed E-state index contributed by atoms with van der Waals surface area (Å²) in [5, 5.41) is 16.5. The van der Waals surface area contributed by atoms with Gasteiger partial charge < -0.3 is 19.8 Å². The van der Waals surface area contributed by atoms with E-state index in [4.69, 9.17) is 9.63 Å². The second-order valence-corrected chi connectivity index (χ2v) is 5.94. The number of likely N-dealkylation sites (tertiary alicyclic amines) is 1. The van der Waals surface area contributed by atoms with Crippen molar-refractivity contribution in [3.8, 4) is 0 Å². The Morgan fingerprint density at radius 1 is 1.43 bits per heavy atom. The van der Waals surface area contributed by atoms with Gasteiger partial charge in [-0.25, -0.2) is 0 Å². The molecule has 0 saturated carbocycles. The molecule has 0 aliphatic carbocycles. The van der Waals surface area contributed by atoms with Crippen molar-refractivity contribution in [3.63, 3.8) is 0 Å². The molecule has 1 aliphatic rings. The molecule has 0 spiro atoms. The van der Waals surface area contributed by atoms with Gasteiger partial charge in [-0.2, -0.15) is 4.98 Å². The number of aliphatic hydroxyl groups is 1. The van der Waals surface area contributed by atoms with E-state index >= 15 is 0 Å². The molecule has 0 aromatic carbocycles. The molecular weight excluding hydrogens is 268 g/mol. The van der Waals surface area contributed by atoms with Crippen LogP contribution in [0, 0.1) is 5.92 Å². The number of rotatable bonds is 8. The predicted octanol–water partition coefficient (Wildman–Crippen LogP) is 1.38. The van der Waals surface area contributed by atoms with Crippen LogP contribution in [-0.4, -0.2) is 52.9 Å². The number of β-amino-alcohol motifs (C(OH)–C–C–N with tert-alkyl or cyclic N) is 1. The number of piperidine rings is 1. The average Bonchev–Trinajstić information content (AvgIpc) is 2.96. The van der Waals surface area contributed by atoms with Gasteiger partial charge in [0.05, 0.1) is 12.6 Å². The number of nitrogens with zero attached hydrogens (tertiary/aromatic N) is 3. The Balaban J connectivity index is 1.70. The van der Waals surface area contributed by atoms with Crippen LogP contribution in [0.3, 0.4) is 0 Å². The van der Waals surface area contributed by atoms with Crippen molar-refractivity contribution in [3.05, 3.63) is 11.7 Å². The van der Waals surface area contributed by atoms with Crippen molar-refractivity contribution in [2.24, 2.45) is 5.92 Å². The Labute approximate surface area is 126 Å². The summed E-state index contributed by atoms with van der Waals surface area (Å²) in [5.41, 5.74) is 0. The third-order valence-electron chi connectivity index (χ3n) is 4.16. The van der Waals surface area contributed by atoms with Gasteiger partial charge in [-0.05, 0) is 51.7 Å². The first-order valence-corrected chi connectivity index (χ1v) is 8.12. The normalized spacial score (nSPS) is 19.0. The number of aryl methyl sites for hydroxylation is 1. The molecule has 120 valence electrons. The fourth-order valence-corrected chi connectivity index (χ4v) is 2.75. The Bertz CT molecular complexity index is 402. The van der Waals surface area contributed by atoms with E-state index in [-0.39, 0.29) is 12.6 Å². The van der Waals surface area contributed by atoms with Crippen LogP contribution in [-0.2, 0) is 6.42 Å². The van der Waals surface area contributed by atoms with Gasteiger partial charge in [0.2, 0.25) is 5.89 Å². The van der Waals surface area contributed by atoms with Gasteiger partial charge in [-0.3, -0.25) is 0 Å². The molecule has 2 heterocycles. The van der Waals surface area contributed by atoms with Crippen LogP contribution in [0.15, 0.2) is 4.52 Å². The molecule has 1 atom stereocenters. The van der Waals surface area contributed by atoms with Crippen LogP contribution in [0.5, 0.6) is 0 Å². The van der Waals surface area contributed by atoms with Crippen LogP contribution in [0.25, 0.3) is 0 Å². The quantitative estimate of drug-likeness (QED) is 0.755. The average molecular weight is 296 g/mol. The summed E-state index contributed by atoms with van der Waals surface area (Å²) in [5.74, 6) is 2.19. The number of hydrogen-bond acceptors (Lipinski definition) is 6. The highest BCUT2D eigenvalue weighted by Gasteiger charge is 2.20. The zero-order valence-corrected chi connectivity index (χ0v) is 13.2. The first-order chi connectivity index (χ1) is 10.2. The molecular formula is C15H28N4O2. The highest BCUT2D eigenvalue weighted by molar-refractivity contribution is 4.91. The molecule has 1 aromatic rings. The lowest BCUT2D eigenvalue weighted by atomic mass is 9.96. The van der Waals surface area contributed by atoms with Gasteiger partial charge in [-0.15, -0.1) is 0 Å². The highest BCUT2D eigenvalue weighted by Crippen LogP contribution is 2.18. The van der Waals surface area contributed by atoms with Gasteiger partial charge in [0.25, 0.3) is 0 Å². The third-order valence-corrected chi connectivity index (χ3v) is 4.16. The molecule has 2 rings (SSSR count). The Morgan fingerprint density at radius 2 is 2.19 bits per heavy atom. The summed E-state index contributed by atoms with van der Waals surface area (Å²) in [7, 11) is 0. The van der Waals surface area contributed by atoms with Crippen LogP contribution in [0.4, 0.5) is 0 Å². The Kier molecular flexibility index (Phi) is 6.60. The standard InChI is InChI=1S/C15H28N4O2/c1-3-4-14-17-15(21-18-14)12(2)16-11-13-5-7-19(8-6-13)9-10-20/h12-13,16,20H,3-11H2,1-2H3. The number of hydrogen-bond donors (Lipinski definition) is 2. The summed E-state index contributed by atoms with van der Waals surface area (Å²) in [6, 6.07) is 0.110. The van der Waals surface area contributed by atoms with E-state index in [2.05, 4.69) is 34.2 Å². The van der Waals surface area contributed by atoms with Gasteiger partial charge in [0.1, 0.15) is 0 Å². The Hall–Kier alpha value is -0.980. The van der Waals surface area contributed by atoms with E-state index in [9.17, 15) is 0 Å². The van der Waals surface area contributed by atoms with Gasteiger partial charge in [-0.1, -0.05) is 12.1 Å². The minimum atomic E-state index is 0.110. The first kappa shape index (κ1) is 16.4. The number of aromatic nitrogens is 2. The van der Waals surface area contributed by atoms with Gasteiger partial charge in [0, 0.05) is 13.0 Å². The molecule has 1 fully saturated rings. The molecule has 0 radical (unpaired) electrons. The van der Waals surface area contributed by atoms with Crippen LogP contribution in [0.1, 0.15) is 50.9 Å². The van der Waals surface area contributed by atoms with Crippen LogP contribution in [0.2, 0.25) is 0 Å². The first-order valence-electron chi connectivity index (χ1n) is 8.12. The van der Waals surface area contributed by atoms with E-state index < -0.39 is 0 Å². The summed E-state index contributed by atoms with van der Waals surface area (Å²) in [6.07, 6.45) is 4.28. The van der Waals surface area contributed by atoms with E-state index in [0.29, 0.717) is 11.8 Å². The van der Waals surface area contributed by atoms with E-state index in [0.717, 1.165) is 44.8 Å². The summed E-state index contributed by atoms with van der Waals surface area (Å²) in [6.45, 7) is 8.41. The second-order valence-electron chi connectivity index (χ2n) is 5.94. The molecule has 1 aliphatic heterocycles. The number of aliphatic hydroxyl groups excluding tert-OH is 1. The summed E-state index contributed by atoms with van der Waals surface area (Å²) < 4.78 is 5.31. The van der Waals surface area contributed by atoms with E-state index in [1.807, 2.05) is 0 Å². The molecule has 21 heavy (non-hydrogen) atoms. The fraction of sp³-hybridized carbons (Fsp3) is 0.867. The van der Waals surface area contributed by atoms with Crippen molar-refractivity contribution < 1.29 is 9.63 Å². The highest BCUT2D eigenvalue weighted by atomic mass is 16.5. The van der Waals surface area contributed by atoms with E-state index in [1.165, 1.54) is 12.8 Å². The summed E-state index contributed by atoms with van der Waals surface area (Å²) in [4.78, 5) is 6.75. The van der Waals surface area contributed by atoms with Crippen molar-refractivity contribution in [2.45, 2.75) is 45.6 Å². The Morgan fingerprint density at radius 3 is 2.86 bits per heavy atom. The smallest absolute Gasteiger partial charge is 0.243 e. The molecule has 0 amide bonds. The molecule has 6 heteroatoms. The maximum absolute atomic E-state index is 8.95. The van der Waals surface area contributed by atoms with E-state index in [1.54, 1.807) is 0 Å². The van der Waals surface area contributed by atoms with Crippen LogP contribution >= 0.6 is 0 Å². The molecule has 1 unspecified atom stereocenters. The molecule has 1 aromatic heterocycles. The lowest BCUT2D eigenvalue weighted by Gasteiger charge is -2.31. The lowest BCUT2D eigenvalue weighted by molar-refractivity contribution is 0.145. The van der Waals surface area contributed by atoms with Crippen molar-refractivity contribution >= 4 is 0 Å². The maximum atomic E-state index is 8.95. The number of nitrogens with one attached hydrogen (secondary N) is 1. The largest absolute Gasteiger partial charge is 0.395 e. The topological polar surface area (TPSA) is 74.4 Å². The van der Waals surface area contributed by atoms with Crippen molar-refractivity contribution in [2.75, 3.05) is 32.8 Å². The zero-order chi connectivity index (χ0) is 15.1. The predicted molar refractivity (Wildman–Crippen MR) is 81.0 cm³/mol. The zero-order valence-electron chi connectivity index (χ0n) is 13.2. The molecule has 0 bridgehead atoms. The second kappa shape index (κ2) is 8.46. The fourth-order valence-electron chi connectivity index (χ4n) is 2.75. The minimum absolute atomic E-state index is 0.110. The van der Waals surface area contributed by atoms with Crippen LogP contribution < -0.4 is 5.32 Å². The lowest BCUT2D eigenvalue weighted by Crippen LogP contribution is -2.39. The molecule has 6 nitrogen and oxygen atoms in total. The summed E-state index contributed by atoms with van der Waals surface area (Å²) >= 11 is 0. The SMILES string of the molecule is CCCc1noc(C(C)NCC2CCN(CCO)CC2)n1. The molecule has 1 saturated heterocycles. The van der Waals surface area contributed by atoms with Crippen molar-refractivity contribution in [1.82, 2.24) is 20.4 Å². The van der Waals surface area contributed by atoms with Crippen molar-refractivity contribution in [1.29, 1.82) is 0 Å². The third kappa shape index (κ3) is 5.05. The molecule has 2 N–H and O–H groups in total. The maximum Gasteiger partial charge on any atom is 0.243 e.